The molecule has 1 aromatic rings. The number of benzene rings is 1. The van der Waals surface area contributed by atoms with E-state index in [1.807, 2.05) is 0 Å². The highest BCUT2D eigenvalue weighted by Crippen LogP contribution is 2.34. The van der Waals surface area contributed by atoms with Crippen molar-refractivity contribution in [2.75, 3.05) is 13.6 Å². The van der Waals surface area contributed by atoms with E-state index in [0.717, 1.165) is 23.4 Å². The number of halogens is 4. The van der Waals surface area contributed by atoms with Crippen molar-refractivity contribution in [3.05, 3.63) is 29.3 Å². The first-order valence-electron chi connectivity index (χ1n) is 6.25. The van der Waals surface area contributed by atoms with Crippen molar-refractivity contribution in [3.8, 4) is 0 Å². The Morgan fingerprint density at radius 3 is 2.38 bits per heavy atom. The largest absolute Gasteiger partial charge is 0.416 e. The molecule has 21 heavy (non-hydrogen) atoms. The first-order chi connectivity index (χ1) is 9.48. The molecule has 0 saturated carbocycles. The zero-order valence-electron chi connectivity index (χ0n) is 11.9. The molecule has 0 aliphatic carbocycles. The monoisotopic (exact) mass is 343 g/mol. The van der Waals surface area contributed by atoms with Crippen LogP contribution in [-0.4, -0.2) is 31.7 Å². The summed E-state index contributed by atoms with van der Waals surface area (Å²) in [6.07, 6.45) is -4.17. The summed E-state index contributed by atoms with van der Waals surface area (Å²) in [5.41, 5.74) is -1.24. The molecular formula is C13H17ClF3NO2S. The zero-order chi connectivity index (χ0) is 16.4. The fraction of sp³-hybridized carbons (Fsp3) is 0.538. The van der Waals surface area contributed by atoms with Gasteiger partial charge in [0.15, 0.2) is 0 Å². The van der Waals surface area contributed by atoms with Crippen molar-refractivity contribution in [2.45, 2.75) is 36.7 Å². The Kier molecular flexibility index (Phi) is 5.69. The van der Waals surface area contributed by atoms with E-state index < -0.39 is 21.8 Å². The molecule has 0 aliphatic heterocycles. The molecule has 0 heterocycles. The molecule has 0 amide bonds. The van der Waals surface area contributed by atoms with E-state index in [2.05, 4.69) is 0 Å². The predicted octanol–water partition coefficient (Wildman–Crippen LogP) is 3.65. The minimum absolute atomic E-state index is 0.142. The highest BCUT2D eigenvalue weighted by molar-refractivity contribution is 7.89. The maximum Gasteiger partial charge on any atom is 0.416 e. The number of rotatable bonds is 5. The number of alkyl halides is 4. The maximum absolute atomic E-state index is 12.8. The van der Waals surface area contributed by atoms with E-state index in [-0.39, 0.29) is 22.4 Å². The van der Waals surface area contributed by atoms with Crippen molar-refractivity contribution in [3.63, 3.8) is 0 Å². The fourth-order valence-corrected chi connectivity index (χ4v) is 3.38. The molecule has 1 unspecified atom stereocenters. The molecule has 0 bridgehead atoms. The van der Waals surface area contributed by atoms with E-state index in [1.165, 1.54) is 13.1 Å². The summed E-state index contributed by atoms with van der Waals surface area (Å²) in [6.45, 7) is 3.02. The SMILES string of the molecule is Cc1c(C(F)(F)F)cccc1S(=O)(=O)N(C)CCC(C)Cl. The summed E-state index contributed by atoms with van der Waals surface area (Å²) in [5, 5.41) is -0.217. The van der Waals surface area contributed by atoms with Crippen molar-refractivity contribution in [1.82, 2.24) is 4.31 Å². The molecule has 0 aliphatic rings. The Hall–Kier alpha value is -0.790. The Morgan fingerprint density at radius 2 is 1.90 bits per heavy atom. The van der Waals surface area contributed by atoms with Crippen LogP contribution in [0, 0.1) is 6.92 Å². The van der Waals surface area contributed by atoms with Gasteiger partial charge in [-0.15, -0.1) is 11.6 Å². The molecule has 3 nitrogen and oxygen atoms in total. The van der Waals surface area contributed by atoms with Gasteiger partial charge in [0.05, 0.1) is 10.5 Å². The van der Waals surface area contributed by atoms with Crippen LogP contribution in [0.4, 0.5) is 13.2 Å². The average Bonchev–Trinajstić information content (AvgIpc) is 2.34. The smallest absolute Gasteiger partial charge is 0.207 e. The van der Waals surface area contributed by atoms with Gasteiger partial charge < -0.3 is 0 Å². The third-order valence-electron chi connectivity index (χ3n) is 3.12. The van der Waals surface area contributed by atoms with Crippen molar-refractivity contribution in [2.24, 2.45) is 0 Å². The van der Waals surface area contributed by atoms with Crippen LogP contribution in [0.15, 0.2) is 23.1 Å². The quantitative estimate of drug-likeness (QED) is 0.765. The molecule has 0 saturated heterocycles. The molecule has 0 fully saturated rings. The van der Waals surface area contributed by atoms with Crippen LogP contribution in [0.3, 0.4) is 0 Å². The summed E-state index contributed by atoms with van der Waals surface area (Å²) < 4.78 is 64.3. The molecule has 0 spiro atoms. The number of sulfonamides is 1. The minimum Gasteiger partial charge on any atom is -0.207 e. The summed E-state index contributed by atoms with van der Waals surface area (Å²) in [5.74, 6) is 0. The topological polar surface area (TPSA) is 37.4 Å². The van der Waals surface area contributed by atoms with Gasteiger partial charge in [0.25, 0.3) is 0 Å². The van der Waals surface area contributed by atoms with Gasteiger partial charge in [-0.2, -0.15) is 13.2 Å². The second kappa shape index (κ2) is 6.54. The Labute approximate surface area is 127 Å². The predicted molar refractivity (Wildman–Crippen MR) is 75.9 cm³/mol. The molecule has 1 atom stereocenters. The van der Waals surface area contributed by atoms with Gasteiger partial charge in [-0.1, -0.05) is 6.07 Å². The summed E-state index contributed by atoms with van der Waals surface area (Å²) in [7, 11) is -2.65. The summed E-state index contributed by atoms with van der Waals surface area (Å²) in [4.78, 5) is -0.331. The van der Waals surface area contributed by atoms with Crippen LogP contribution in [-0.2, 0) is 16.2 Å². The van der Waals surface area contributed by atoms with Gasteiger partial charge >= 0.3 is 6.18 Å². The molecule has 0 radical (unpaired) electrons. The lowest BCUT2D eigenvalue weighted by Crippen LogP contribution is -2.30. The lowest BCUT2D eigenvalue weighted by atomic mass is 10.1. The third-order valence-corrected chi connectivity index (χ3v) is 5.34. The van der Waals surface area contributed by atoms with Gasteiger partial charge in [-0.05, 0) is 38.0 Å². The minimum atomic E-state index is -4.58. The fourth-order valence-electron chi connectivity index (χ4n) is 1.85. The van der Waals surface area contributed by atoms with E-state index in [9.17, 15) is 21.6 Å². The lowest BCUT2D eigenvalue weighted by Gasteiger charge is -2.20. The van der Waals surface area contributed by atoms with Crippen molar-refractivity contribution >= 4 is 21.6 Å². The molecule has 1 aromatic carbocycles. The zero-order valence-corrected chi connectivity index (χ0v) is 13.5. The van der Waals surface area contributed by atoms with Crippen molar-refractivity contribution < 1.29 is 21.6 Å². The second-order valence-electron chi connectivity index (χ2n) is 4.82. The first kappa shape index (κ1) is 18.3. The Bertz CT molecular complexity index is 600. The normalized spacial score (nSPS) is 14.5. The van der Waals surface area contributed by atoms with Gasteiger partial charge in [-0.3, -0.25) is 0 Å². The standard InChI is InChI=1S/C13H17ClF3NO2S/c1-9(14)7-8-18(3)21(19,20)12-6-4-5-11(10(12)2)13(15,16)17/h4-6,9H,7-8H2,1-3H3. The number of hydrogen-bond donors (Lipinski definition) is 0. The Morgan fingerprint density at radius 1 is 1.33 bits per heavy atom. The highest BCUT2D eigenvalue weighted by atomic mass is 35.5. The molecule has 120 valence electrons. The average molecular weight is 344 g/mol. The van der Waals surface area contributed by atoms with Gasteiger partial charge in [0, 0.05) is 19.0 Å². The van der Waals surface area contributed by atoms with Gasteiger partial charge in [-0.25, -0.2) is 12.7 Å². The van der Waals surface area contributed by atoms with E-state index in [1.54, 1.807) is 6.92 Å². The number of nitrogens with zero attached hydrogens (tertiary/aromatic N) is 1. The first-order valence-corrected chi connectivity index (χ1v) is 8.12. The molecule has 1 rings (SSSR count). The van der Waals surface area contributed by atoms with E-state index >= 15 is 0 Å². The van der Waals surface area contributed by atoms with Crippen LogP contribution in [0.5, 0.6) is 0 Å². The van der Waals surface area contributed by atoms with Crippen LogP contribution in [0.2, 0.25) is 0 Å². The Balaban J connectivity index is 3.21. The van der Waals surface area contributed by atoms with Gasteiger partial charge in [0.1, 0.15) is 0 Å². The van der Waals surface area contributed by atoms with Crippen LogP contribution in [0.25, 0.3) is 0 Å². The summed E-state index contributed by atoms with van der Waals surface area (Å²) in [6, 6.07) is 3.15. The molecule has 8 heteroatoms. The second-order valence-corrected chi connectivity index (χ2v) is 7.58. The molecular weight excluding hydrogens is 327 g/mol. The third kappa shape index (κ3) is 4.34. The van der Waals surface area contributed by atoms with Crippen molar-refractivity contribution in [1.29, 1.82) is 0 Å². The van der Waals surface area contributed by atoms with E-state index in [0.29, 0.717) is 6.42 Å². The molecule has 0 aromatic heterocycles. The van der Waals surface area contributed by atoms with Crippen LogP contribution < -0.4 is 0 Å². The number of hydrogen-bond acceptors (Lipinski definition) is 2. The lowest BCUT2D eigenvalue weighted by molar-refractivity contribution is -0.138. The van der Waals surface area contributed by atoms with Gasteiger partial charge in [0.2, 0.25) is 10.0 Å². The van der Waals surface area contributed by atoms with Crippen LogP contribution in [0.1, 0.15) is 24.5 Å². The maximum atomic E-state index is 12.8. The highest BCUT2D eigenvalue weighted by Gasteiger charge is 2.35. The molecule has 0 N–H and O–H groups in total. The van der Waals surface area contributed by atoms with Crippen LogP contribution >= 0.6 is 11.6 Å². The summed E-state index contributed by atoms with van der Waals surface area (Å²) >= 11 is 5.76. The van der Waals surface area contributed by atoms with E-state index in [4.69, 9.17) is 11.6 Å².